The first-order valence-electron chi connectivity index (χ1n) is 7.17. The second kappa shape index (κ2) is 7.04. The molecule has 0 aliphatic carbocycles. The Morgan fingerprint density at radius 2 is 1.27 bits per heavy atom. The third-order valence-electron chi connectivity index (χ3n) is 4.14. The first-order valence-corrected chi connectivity index (χ1v) is 7.17. The molecule has 22 heavy (non-hydrogen) atoms. The van der Waals surface area contributed by atoms with Crippen LogP contribution < -0.4 is 0 Å². The van der Waals surface area contributed by atoms with Gasteiger partial charge in [0, 0.05) is 7.11 Å². The Morgan fingerprint density at radius 1 is 0.727 bits per heavy atom. The van der Waals surface area contributed by atoms with Crippen molar-refractivity contribution in [2.45, 2.75) is 75.3 Å². The van der Waals surface area contributed by atoms with Crippen LogP contribution in [0.5, 0.6) is 0 Å². The van der Waals surface area contributed by atoms with E-state index in [1.807, 2.05) is 0 Å². The maximum absolute atomic E-state index is 10.1. The molecule has 5 N–H and O–H groups in total. The molecule has 2 saturated heterocycles. The molecule has 0 saturated carbocycles. The lowest BCUT2D eigenvalue weighted by atomic mass is 9.97. The van der Waals surface area contributed by atoms with Gasteiger partial charge in [-0.2, -0.15) is 0 Å². The standard InChI is InChI=1S/C13H24O9/c1-4-10(19-3)7(15)9(17)13(21-4)22-11-5(2)20-12(18)8(16)6(11)14/h4-18H,1-3H3. The average molecular weight is 324 g/mol. The van der Waals surface area contributed by atoms with Crippen LogP contribution in [-0.2, 0) is 18.9 Å². The predicted octanol–water partition coefficient (Wildman–Crippen LogP) is -2.69. The Labute approximate surface area is 128 Å². The van der Waals surface area contributed by atoms with Crippen molar-refractivity contribution in [1.82, 2.24) is 0 Å². The minimum absolute atomic E-state index is 0.555. The second-order valence-corrected chi connectivity index (χ2v) is 5.70. The van der Waals surface area contributed by atoms with Crippen molar-refractivity contribution in [3.63, 3.8) is 0 Å². The van der Waals surface area contributed by atoms with Crippen LogP contribution in [0.3, 0.4) is 0 Å². The van der Waals surface area contributed by atoms with E-state index in [9.17, 15) is 25.5 Å². The molecule has 0 spiro atoms. The van der Waals surface area contributed by atoms with E-state index < -0.39 is 61.4 Å². The zero-order chi connectivity index (χ0) is 16.6. The molecule has 10 unspecified atom stereocenters. The molecule has 0 amide bonds. The average Bonchev–Trinajstić information content (AvgIpc) is 2.46. The van der Waals surface area contributed by atoms with Gasteiger partial charge in [-0.05, 0) is 13.8 Å². The molecular formula is C13H24O9. The molecule has 2 heterocycles. The van der Waals surface area contributed by atoms with Gasteiger partial charge in [0.1, 0.15) is 36.6 Å². The van der Waals surface area contributed by atoms with E-state index in [0.717, 1.165) is 0 Å². The third kappa shape index (κ3) is 3.28. The van der Waals surface area contributed by atoms with Crippen molar-refractivity contribution in [3.8, 4) is 0 Å². The van der Waals surface area contributed by atoms with Gasteiger partial charge in [0.2, 0.25) is 0 Å². The van der Waals surface area contributed by atoms with Gasteiger partial charge in [0.25, 0.3) is 0 Å². The highest BCUT2D eigenvalue weighted by Crippen LogP contribution is 2.29. The molecule has 10 atom stereocenters. The van der Waals surface area contributed by atoms with Gasteiger partial charge in [-0.25, -0.2) is 0 Å². The molecule has 9 nitrogen and oxygen atoms in total. The highest BCUT2D eigenvalue weighted by molar-refractivity contribution is 4.92. The molecule has 130 valence electrons. The maximum Gasteiger partial charge on any atom is 0.187 e. The van der Waals surface area contributed by atoms with Crippen molar-refractivity contribution in [2.75, 3.05) is 7.11 Å². The number of aliphatic hydroxyl groups is 5. The highest BCUT2D eigenvalue weighted by Gasteiger charge is 2.48. The molecule has 0 aromatic carbocycles. The van der Waals surface area contributed by atoms with E-state index in [2.05, 4.69) is 0 Å². The van der Waals surface area contributed by atoms with Crippen LogP contribution in [0.4, 0.5) is 0 Å². The number of methoxy groups -OCH3 is 1. The summed E-state index contributed by atoms with van der Waals surface area (Å²) in [4.78, 5) is 0. The van der Waals surface area contributed by atoms with E-state index in [0.29, 0.717) is 0 Å². The summed E-state index contributed by atoms with van der Waals surface area (Å²) in [6.07, 6.45) is -11.4. The Bertz CT molecular complexity index is 367. The largest absolute Gasteiger partial charge is 0.387 e. The number of hydrogen-bond donors (Lipinski definition) is 5. The number of ether oxygens (including phenoxy) is 4. The van der Waals surface area contributed by atoms with Crippen LogP contribution in [0.25, 0.3) is 0 Å². The molecule has 0 aromatic rings. The smallest absolute Gasteiger partial charge is 0.187 e. The van der Waals surface area contributed by atoms with E-state index in [1.54, 1.807) is 6.92 Å². The van der Waals surface area contributed by atoms with Crippen molar-refractivity contribution >= 4 is 0 Å². The maximum atomic E-state index is 10.1. The first-order chi connectivity index (χ1) is 10.3. The van der Waals surface area contributed by atoms with Crippen LogP contribution in [0.15, 0.2) is 0 Å². The van der Waals surface area contributed by atoms with Gasteiger partial charge in [0.15, 0.2) is 12.6 Å². The fraction of sp³-hybridized carbons (Fsp3) is 1.00. The van der Waals surface area contributed by atoms with Gasteiger partial charge >= 0.3 is 0 Å². The van der Waals surface area contributed by atoms with Gasteiger partial charge < -0.3 is 44.5 Å². The second-order valence-electron chi connectivity index (χ2n) is 5.70. The SMILES string of the molecule is COC1C(C)OC(OC2C(C)OC(O)C(O)C2O)C(O)C1O. The zero-order valence-corrected chi connectivity index (χ0v) is 12.6. The summed E-state index contributed by atoms with van der Waals surface area (Å²) >= 11 is 0. The lowest BCUT2D eigenvalue weighted by Gasteiger charge is -2.45. The third-order valence-corrected chi connectivity index (χ3v) is 4.14. The van der Waals surface area contributed by atoms with Gasteiger partial charge in [-0.1, -0.05) is 0 Å². The Kier molecular flexibility index (Phi) is 5.75. The normalized spacial score (nSPS) is 53.5. The summed E-state index contributed by atoms with van der Waals surface area (Å²) < 4.78 is 21.1. The zero-order valence-electron chi connectivity index (χ0n) is 12.6. The molecule has 0 radical (unpaired) electrons. The molecule has 2 aliphatic rings. The molecule has 2 aliphatic heterocycles. The lowest BCUT2D eigenvalue weighted by molar-refractivity contribution is -0.349. The summed E-state index contributed by atoms with van der Waals surface area (Å²) in [5.74, 6) is 0. The van der Waals surface area contributed by atoms with E-state index >= 15 is 0 Å². The topological polar surface area (TPSA) is 138 Å². The van der Waals surface area contributed by atoms with Gasteiger partial charge in [-0.3, -0.25) is 0 Å². The number of aliphatic hydroxyl groups excluding tert-OH is 5. The quantitative estimate of drug-likeness (QED) is 0.376. The molecule has 0 aromatic heterocycles. The van der Waals surface area contributed by atoms with Crippen molar-refractivity contribution < 1.29 is 44.5 Å². The summed E-state index contributed by atoms with van der Waals surface area (Å²) in [7, 11) is 1.39. The highest BCUT2D eigenvalue weighted by atomic mass is 16.7. The minimum Gasteiger partial charge on any atom is -0.387 e. The molecule has 2 rings (SSSR count). The molecule has 2 fully saturated rings. The first kappa shape index (κ1) is 18.0. The number of hydrogen-bond acceptors (Lipinski definition) is 9. The van der Waals surface area contributed by atoms with E-state index in [4.69, 9.17) is 18.9 Å². The van der Waals surface area contributed by atoms with Crippen LogP contribution >= 0.6 is 0 Å². The monoisotopic (exact) mass is 324 g/mol. The predicted molar refractivity (Wildman–Crippen MR) is 70.6 cm³/mol. The number of rotatable bonds is 3. The Morgan fingerprint density at radius 3 is 1.86 bits per heavy atom. The van der Waals surface area contributed by atoms with E-state index in [1.165, 1.54) is 14.0 Å². The fourth-order valence-corrected chi connectivity index (χ4v) is 2.81. The van der Waals surface area contributed by atoms with Gasteiger partial charge in [0.05, 0.1) is 12.2 Å². The van der Waals surface area contributed by atoms with Gasteiger partial charge in [-0.15, -0.1) is 0 Å². The van der Waals surface area contributed by atoms with Crippen molar-refractivity contribution in [2.24, 2.45) is 0 Å². The van der Waals surface area contributed by atoms with Crippen LogP contribution in [0.1, 0.15) is 13.8 Å². The molecule has 9 heteroatoms. The van der Waals surface area contributed by atoms with Crippen LogP contribution in [0, 0.1) is 0 Å². The molecule has 0 bridgehead atoms. The fourth-order valence-electron chi connectivity index (χ4n) is 2.81. The van der Waals surface area contributed by atoms with E-state index in [-0.39, 0.29) is 0 Å². The summed E-state index contributed by atoms with van der Waals surface area (Å²) in [6.45, 7) is 3.19. The molecular weight excluding hydrogens is 300 g/mol. The Balaban J connectivity index is 2.06. The van der Waals surface area contributed by atoms with Crippen LogP contribution in [0.2, 0.25) is 0 Å². The van der Waals surface area contributed by atoms with Crippen molar-refractivity contribution in [3.05, 3.63) is 0 Å². The summed E-state index contributed by atoms with van der Waals surface area (Å²) in [5.41, 5.74) is 0. The lowest BCUT2D eigenvalue weighted by Crippen LogP contribution is -2.63. The Hall–Kier alpha value is -0.360. The van der Waals surface area contributed by atoms with Crippen molar-refractivity contribution in [1.29, 1.82) is 0 Å². The summed E-state index contributed by atoms with van der Waals surface area (Å²) in [5, 5.41) is 49.1. The van der Waals surface area contributed by atoms with Crippen LogP contribution in [-0.4, -0.2) is 94.1 Å². The minimum atomic E-state index is -1.55. The summed E-state index contributed by atoms with van der Waals surface area (Å²) in [6, 6.07) is 0.